The van der Waals surface area contributed by atoms with E-state index in [1.807, 2.05) is 71.6 Å². The second-order valence-electron chi connectivity index (χ2n) is 8.34. The van der Waals surface area contributed by atoms with Crippen LogP contribution >= 0.6 is 0 Å². The summed E-state index contributed by atoms with van der Waals surface area (Å²) in [7, 11) is 0. The Labute approximate surface area is 222 Å². The lowest BCUT2D eigenvalue weighted by atomic mass is 9.98. The van der Waals surface area contributed by atoms with Gasteiger partial charge in [0.25, 0.3) is 0 Å². The standard InChI is InChI=1S/C27H25N3O2.C2HF3O2/c1-2-32-27(31)25-18-30(16-19-8-6-13-23(14-19)26(28)29)17-24(25)22-12-7-11-21(15-22)20-9-4-3-5-10-20;3-2(4,5)1(6)7/h3-15,17-18H,2,16H2,1H3,(H3,28,29);(H,6,7). The first kappa shape index (κ1) is 28.7. The Morgan fingerprint density at radius 1 is 0.923 bits per heavy atom. The minimum Gasteiger partial charge on any atom is -0.475 e. The van der Waals surface area contributed by atoms with Gasteiger partial charge in [-0.3, -0.25) is 5.41 Å². The normalized spacial score (nSPS) is 10.8. The number of halogens is 3. The molecule has 0 atom stereocenters. The lowest BCUT2D eigenvalue weighted by molar-refractivity contribution is -0.192. The minimum absolute atomic E-state index is 0.0324. The molecule has 0 fully saturated rings. The predicted octanol–water partition coefficient (Wildman–Crippen LogP) is 5.96. The molecule has 1 aromatic heterocycles. The molecule has 0 saturated carbocycles. The van der Waals surface area contributed by atoms with Crippen LogP contribution in [0.3, 0.4) is 0 Å². The summed E-state index contributed by atoms with van der Waals surface area (Å²) >= 11 is 0. The molecule has 202 valence electrons. The number of carbonyl (C=O) groups excluding carboxylic acids is 1. The van der Waals surface area contributed by atoms with Crippen LogP contribution in [0.4, 0.5) is 13.2 Å². The van der Waals surface area contributed by atoms with E-state index in [1.165, 1.54) is 0 Å². The second-order valence-corrected chi connectivity index (χ2v) is 8.34. The number of carboxylic acid groups (broad SMARTS) is 1. The lowest BCUT2D eigenvalue weighted by Crippen LogP contribution is -2.21. The number of aliphatic carboxylic acids is 1. The maximum Gasteiger partial charge on any atom is 0.490 e. The number of rotatable bonds is 7. The van der Waals surface area contributed by atoms with Crippen molar-refractivity contribution >= 4 is 17.8 Å². The first-order valence-corrected chi connectivity index (χ1v) is 11.8. The molecule has 0 saturated heterocycles. The van der Waals surface area contributed by atoms with E-state index in [0.29, 0.717) is 24.3 Å². The molecule has 10 heteroatoms. The van der Waals surface area contributed by atoms with E-state index in [-0.39, 0.29) is 11.8 Å². The quantitative estimate of drug-likeness (QED) is 0.153. The van der Waals surface area contributed by atoms with Crippen molar-refractivity contribution in [2.45, 2.75) is 19.6 Å². The molecule has 0 amide bonds. The fourth-order valence-corrected chi connectivity index (χ4v) is 3.75. The first-order valence-electron chi connectivity index (χ1n) is 11.8. The van der Waals surface area contributed by atoms with Crippen LogP contribution in [0.15, 0.2) is 91.3 Å². The number of amidine groups is 1. The third-order valence-electron chi connectivity index (χ3n) is 5.50. The zero-order valence-electron chi connectivity index (χ0n) is 20.9. The highest BCUT2D eigenvalue weighted by Gasteiger charge is 2.38. The van der Waals surface area contributed by atoms with Gasteiger partial charge in [-0.05, 0) is 41.3 Å². The number of carboxylic acids is 1. The van der Waals surface area contributed by atoms with Crippen LogP contribution in [0.5, 0.6) is 0 Å². The molecule has 0 unspecified atom stereocenters. The SMILES string of the molecule is CCOC(=O)c1cn(Cc2cccc(C(=N)N)c2)cc1-c1cccc(-c2ccccc2)c1.O=C(O)C(F)(F)F. The molecule has 0 spiro atoms. The van der Waals surface area contributed by atoms with Gasteiger partial charge in [0.1, 0.15) is 5.84 Å². The topological polar surface area (TPSA) is 118 Å². The fourth-order valence-electron chi connectivity index (χ4n) is 3.75. The van der Waals surface area contributed by atoms with Crippen molar-refractivity contribution in [1.82, 2.24) is 4.57 Å². The number of hydrogen-bond donors (Lipinski definition) is 3. The van der Waals surface area contributed by atoms with Gasteiger partial charge in [-0.15, -0.1) is 0 Å². The molecule has 4 N–H and O–H groups in total. The number of hydrogen-bond acceptors (Lipinski definition) is 4. The number of ether oxygens (including phenoxy) is 1. The highest BCUT2D eigenvalue weighted by molar-refractivity contribution is 5.98. The minimum atomic E-state index is -5.08. The van der Waals surface area contributed by atoms with Gasteiger partial charge in [-0.25, -0.2) is 9.59 Å². The van der Waals surface area contributed by atoms with Crippen molar-refractivity contribution in [3.8, 4) is 22.3 Å². The van der Waals surface area contributed by atoms with Crippen LogP contribution < -0.4 is 5.73 Å². The lowest BCUT2D eigenvalue weighted by Gasteiger charge is -2.07. The number of nitrogen functional groups attached to an aromatic ring is 1. The van der Waals surface area contributed by atoms with Gasteiger partial charge < -0.3 is 20.1 Å². The van der Waals surface area contributed by atoms with Crippen LogP contribution in [0, 0.1) is 5.41 Å². The molecule has 4 rings (SSSR count). The Morgan fingerprint density at radius 3 is 2.15 bits per heavy atom. The summed E-state index contributed by atoms with van der Waals surface area (Å²) in [5.74, 6) is -3.07. The van der Waals surface area contributed by atoms with Crippen molar-refractivity contribution in [2.24, 2.45) is 5.73 Å². The van der Waals surface area contributed by atoms with Gasteiger partial charge in [-0.2, -0.15) is 13.2 Å². The van der Waals surface area contributed by atoms with E-state index < -0.39 is 12.1 Å². The monoisotopic (exact) mass is 537 g/mol. The number of aromatic nitrogens is 1. The number of nitrogens with one attached hydrogen (secondary N) is 1. The van der Waals surface area contributed by atoms with E-state index in [2.05, 4.69) is 24.3 Å². The average molecular weight is 538 g/mol. The van der Waals surface area contributed by atoms with Crippen molar-refractivity contribution in [3.05, 3.63) is 108 Å². The van der Waals surface area contributed by atoms with Gasteiger partial charge in [0, 0.05) is 30.1 Å². The Bertz CT molecular complexity index is 1460. The molecule has 0 bridgehead atoms. The Kier molecular flexibility index (Phi) is 9.27. The molecule has 39 heavy (non-hydrogen) atoms. The summed E-state index contributed by atoms with van der Waals surface area (Å²) in [5, 5.41) is 14.8. The number of nitrogens with zero attached hydrogens (tertiary/aromatic N) is 1. The van der Waals surface area contributed by atoms with Crippen LogP contribution in [0.25, 0.3) is 22.3 Å². The van der Waals surface area contributed by atoms with E-state index >= 15 is 0 Å². The third kappa shape index (κ3) is 7.81. The molecule has 0 radical (unpaired) electrons. The van der Waals surface area contributed by atoms with Crippen molar-refractivity contribution in [3.63, 3.8) is 0 Å². The zero-order chi connectivity index (χ0) is 28.6. The second kappa shape index (κ2) is 12.6. The highest BCUT2D eigenvalue weighted by atomic mass is 19.4. The van der Waals surface area contributed by atoms with Crippen molar-refractivity contribution < 1.29 is 32.6 Å². The van der Waals surface area contributed by atoms with E-state index in [0.717, 1.165) is 27.8 Å². The molecule has 0 aliphatic carbocycles. The number of alkyl halides is 3. The number of benzene rings is 3. The number of carbonyl (C=O) groups is 2. The highest BCUT2D eigenvalue weighted by Crippen LogP contribution is 2.30. The number of nitrogens with two attached hydrogens (primary N) is 1. The smallest absolute Gasteiger partial charge is 0.475 e. The molecule has 1 heterocycles. The van der Waals surface area contributed by atoms with E-state index in [9.17, 15) is 18.0 Å². The summed E-state index contributed by atoms with van der Waals surface area (Å²) in [4.78, 5) is 21.6. The zero-order valence-corrected chi connectivity index (χ0v) is 20.9. The first-order chi connectivity index (χ1) is 18.5. The van der Waals surface area contributed by atoms with Gasteiger partial charge in [0.15, 0.2) is 0 Å². The van der Waals surface area contributed by atoms with E-state index in [1.54, 1.807) is 6.92 Å². The van der Waals surface area contributed by atoms with Crippen LogP contribution in [-0.2, 0) is 16.1 Å². The molecular formula is C29H26F3N3O4. The molecule has 3 aromatic carbocycles. The molecule has 0 aliphatic heterocycles. The summed E-state index contributed by atoms with van der Waals surface area (Å²) in [6.45, 7) is 2.66. The maximum absolute atomic E-state index is 12.7. The molecule has 4 aromatic rings. The maximum atomic E-state index is 12.7. The largest absolute Gasteiger partial charge is 0.490 e. The van der Waals surface area contributed by atoms with Gasteiger partial charge in [0.05, 0.1) is 12.2 Å². The average Bonchev–Trinajstić information content (AvgIpc) is 3.33. The van der Waals surface area contributed by atoms with Crippen molar-refractivity contribution in [2.75, 3.05) is 6.61 Å². The molecular weight excluding hydrogens is 511 g/mol. The fraction of sp³-hybridized carbons (Fsp3) is 0.138. The van der Waals surface area contributed by atoms with E-state index in [4.69, 9.17) is 25.8 Å². The summed E-state index contributed by atoms with van der Waals surface area (Å²) in [6.07, 6.45) is -1.29. The summed E-state index contributed by atoms with van der Waals surface area (Å²) in [5.41, 5.74) is 11.8. The van der Waals surface area contributed by atoms with Gasteiger partial charge in [0.2, 0.25) is 0 Å². The van der Waals surface area contributed by atoms with Crippen molar-refractivity contribution in [1.29, 1.82) is 5.41 Å². The third-order valence-corrected chi connectivity index (χ3v) is 5.50. The van der Waals surface area contributed by atoms with Crippen LogP contribution in [-0.4, -0.2) is 40.2 Å². The Morgan fingerprint density at radius 2 is 1.54 bits per heavy atom. The molecule has 0 aliphatic rings. The molecule has 7 nitrogen and oxygen atoms in total. The Hall–Kier alpha value is -4.86. The number of esters is 1. The summed E-state index contributed by atoms with van der Waals surface area (Å²) < 4.78 is 39.0. The Balaban J connectivity index is 0.000000532. The summed E-state index contributed by atoms with van der Waals surface area (Å²) in [6, 6.07) is 25.9. The van der Waals surface area contributed by atoms with Gasteiger partial charge >= 0.3 is 18.1 Å². The van der Waals surface area contributed by atoms with Crippen LogP contribution in [0.2, 0.25) is 0 Å². The van der Waals surface area contributed by atoms with Gasteiger partial charge in [-0.1, -0.05) is 66.7 Å². The predicted molar refractivity (Wildman–Crippen MR) is 142 cm³/mol. The van der Waals surface area contributed by atoms with Crippen LogP contribution in [0.1, 0.15) is 28.4 Å².